The van der Waals surface area contributed by atoms with Crippen molar-refractivity contribution < 1.29 is 9.21 Å². The quantitative estimate of drug-likeness (QED) is 0.624. The van der Waals surface area contributed by atoms with E-state index in [4.69, 9.17) is 4.42 Å². The first kappa shape index (κ1) is 14.0. The van der Waals surface area contributed by atoms with Crippen LogP contribution in [0.1, 0.15) is 24.4 Å². The number of para-hydroxylation sites is 1. The van der Waals surface area contributed by atoms with Gasteiger partial charge in [0.25, 0.3) is 0 Å². The summed E-state index contributed by atoms with van der Waals surface area (Å²) in [5.74, 6) is 0.689. The number of fused-ring (bicyclic) bond motifs is 2. The fourth-order valence-corrected chi connectivity index (χ4v) is 3.32. The molecule has 1 amide bonds. The Bertz CT molecular complexity index is 920. The number of imidazole rings is 1. The third-order valence-corrected chi connectivity index (χ3v) is 4.50. The Morgan fingerprint density at radius 3 is 3.13 bits per heavy atom. The van der Waals surface area contributed by atoms with Crippen LogP contribution in [-0.2, 0) is 11.2 Å². The van der Waals surface area contributed by atoms with Gasteiger partial charge in [0.2, 0.25) is 5.91 Å². The van der Waals surface area contributed by atoms with Gasteiger partial charge in [0.15, 0.2) is 4.96 Å². The summed E-state index contributed by atoms with van der Waals surface area (Å²) in [5, 5.41) is 5.97. The lowest BCUT2D eigenvalue weighted by molar-refractivity contribution is -0.121. The molecule has 0 saturated carbocycles. The number of rotatable bonds is 4. The van der Waals surface area contributed by atoms with Crippen molar-refractivity contribution in [1.82, 2.24) is 14.7 Å². The molecule has 5 nitrogen and oxygen atoms in total. The van der Waals surface area contributed by atoms with Gasteiger partial charge in [0.1, 0.15) is 11.3 Å². The minimum atomic E-state index is -0.182. The summed E-state index contributed by atoms with van der Waals surface area (Å²) in [5.41, 5.74) is 1.60. The van der Waals surface area contributed by atoms with Gasteiger partial charge in [-0.3, -0.25) is 9.20 Å². The highest BCUT2D eigenvalue weighted by molar-refractivity contribution is 7.15. The van der Waals surface area contributed by atoms with Crippen LogP contribution in [0.3, 0.4) is 0 Å². The lowest BCUT2D eigenvalue weighted by Gasteiger charge is -2.10. The topological polar surface area (TPSA) is 59.5 Å². The molecule has 0 bridgehead atoms. The van der Waals surface area contributed by atoms with Gasteiger partial charge < -0.3 is 9.73 Å². The highest BCUT2D eigenvalue weighted by Crippen LogP contribution is 2.23. The van der Waals surface area contributed by atoms with E-state index in [0.29, 0.717) is 0 Å². The van der Waals surface area contributed by atoms with Crippen LogP contribution in [0.15, 0.2) is 52.5 Å². The Morgan fingerprint density at radius 1 is 1.43 bits per heavy atom. The van der Waals surface area contributed by atoms with Crippen molar-refractivity contribution in [3.05, 3.63) is 59.6 Å². The van der Waals surface area contributed by atoms with Crippen LogP contribution in [0.5, 0.6) is 0 Å². The van der Waals surface area contributed by atoms with Gasteiger partial charge in [-0.1, -0.05) is 18.2 Å². The van der Waals surface area contributed by atoms with E-state index in [1.54, 1.807) is 11.3 Å². The van der Waals surface area contributed by atoms with Gasteiger partial charge >= 0.3 is 0 Å². The lowest BCUT2D eigenvalue weighted by atomic mass is 10.2. The third kappa shape index (κ3) is 2.73. The number of hydrogen-bond acceptors (Lipinski definition) is 4. The van der Waals surface area contributed by atoms with E-state index in [1.807, 2.05) is 59.4 Å². The standard InChI is InChI=1S/C17H15N3O2S/c1-11(15-8-12-4-2-3-5-14(12)22-15)18-16(21)9-13-10-20-6-7-23-17(20)19-13/h2-8,10-11H,9H2,1H3,(H,18,21)/t11-/m1/s1. The molecule has 0 aliphatic carbocycles. The summed E-state index contributed by atoms with van der Waals surface area (Å²) in [6.07, 6.45) is 4.08. The van der Waals surface area contributed by atoms with E-state index in [2.05, 4.69) is 10.3 Å². The Balaban J connectivity index is 1.45. The number of nitrogens with one attached hydrogen (secondary N) is 1. The molecule has 0 spiro atoms. The molecule has 3 aromatic heterocycles. The maximum absolute atomic E-state index is 12.2. The number of aromatic nitrogens is 2. The lowest BCUT2D eigenvalue weighted by Crippen LogP contribution is -2.27. The van der Waals surface area contributed by atoms with Crippen molar-refractivity contribution in [2.24, 2.45) is 0 Å². The van der Waals surface area contributed by atoms with Crippen molar-refractivity contribution in [2.75, 3.05) is 0 Å². The van der Waals surface area contributed by atoms with E-state index in [9.17, 15) is 4.79 Å². The van der Waals surface area contributed by atoms with Crippen molar-refractivity contribution >= 4 is 33.2 Å². The molecule has 6 heteroatoms. The molecule has 4 aromatic rings. The van der Waals surface area contributed by atoms with Gasteiger partial charge in [-0.15, -0.1) is 11.3 Å². The highest BCUT2D eigenvalue weighted by atomic mass is 32.1. The van der Waals surface area contributed by atoms with E-state index < -0.39 is 0 Å². The van der Waals surface area contributed by atoms with E-state index in [-0.39, 0.29) is 18.4 Å². The molecule has 3 heterocycles. The normalized spacial score (nSPS) is 12.7. The maximum Gasteiger partial charge on any atom is 0.226 e. The van der Waals surface area contributed by atoms with Gasteiger partial charge in [0, 0.05) is 23.2 Å². The van der Waals surface area contributed by atoms with Gasteiger partial charge in [-0.25, -0.2) is 4.98 Å². The summed E-state index contributed by atoms with van der Waals surface area (Å²) in [6, 6.07) is 9.60. The monoisotopic (exact) mass is 325 g/mol. The first-order chi connectivity index (χ1) is 11.2. The van der Waals surface area contributed by atoms with Gasteiger partial charge in [-0.2, -0.15) is 0 Å². The molecule has 116 valence electrons. The second kappa shape index (κ2) is 5.55. The van der Waals surface area contributed by atoms with E-state index in [1.165, 1.54) is 0 Å². The number of thiazole rings is 1. The molecule has 0 aliphatic heterocycles. The molecule has 1 aromatic carbocycles. The third-order valence-electron chi connectivity index (χ3n) is 3.73. The Labute approximate surface area is 136 Å². The smallest absolute Gasteiger partial charge is 0.226 e. The summed E-state index contributed by atoms with van der Waals surface area (Å²) in [4.78, 5) is 17.5. The molecular weight excluding hydrogens is 310 g/mol. The van der Waals surface area contributed by atoms with Gasteiger partial charge in [-0.05, 0) is 19.1 Å². The minimum absolute atomic E-state index is 0.0660. The molecular formula is C17H15N3O2S. The summed E-state index contributed by atoms with van der Waals surface area (Å²) >= 11 is 1.55. The van der Waals surface area contributed by atoms with Crippen molar-refractivity contribution in [2.45, 2.75) is 19.4 Å². The first-order valence-electron chi connectivity index (χ1n) is 7.38. The predicted octanol–water partition coefficient (Wildman–Crippen LogP) is 3.56. The molecule has 0 radical (unpaired) electrons. The average Bonchev–Trinajstić information content (AvgIpc) is 3.19. The van der Waals surface area contributed by atoms with E-state index in [0.717, 1.165) is 27.4 Å². The molecule has 23 heavy (non-hydrogen) atoms. The van der Waals surface area contributed by atoms with Crippen LogP contribution in [0.2, 0.25) is 0 Å². The Hall–Kier alpha value is -2.60. The largest absolute Gasteiger partial charge is 0.459 e. The molecule has 0 saturated heterocycles. The fourth-order valence-electron chi connectivity index (χ4n) is 2.61. The number of amides is 1. The Morgan fingerprint density at radius 2 is 2.30 bits per heavy atom. The average molecular weight is 325 g/mol. The van der Waals surface area contributed by atoms with Crippen LogP contribution >= 0.6 is 11.3 Å². The first-order valence-corrected chi connectivity index (χ1v) is 8.26. The minimum Gasteiger partial charge on any atom is -0.459 e. The van der Waals surface area contributed by atoms with Crippen molar-refractivity contribution in [1.29, 1.82) is 0 Å². The van der Waals surface area contributed by atoms with Gasteiger partial charge in [0.05, 0.1) is 18.2 Å². The number of benzene rings is 1. The SMILES string of the molecule is C[C@@H](NC(=O)Cc1cn2ccsc2n1)c1cc2ccccc2o1. The number of hydrogen-bond donors (Lipinski definition) is 1. The van der Waals surface area contributed by atoms with Crippen LogP contribution in [0, 0.1) is 0 Å². The van der Waals surface area contributed by atoms with E-state index >= 15 is 0 Å². The second-order valence-electron chi connectivity index (χ2n) is 5.48. The second-order valence-corrected chi connectivity index (χ2v) is 6.35. The Kier molecular flexibility index (Phi) is 3.38. The predicted molar refractivity (Wildman–Crippen MR) is 89.5 cm³/mol. The van der Waals surface area contributed by atoms with Crippen LogP contribution in [0.25, 0.3) is 15.9 Å². The van der Waals surface area contributed by atoms with Crippen LogP contribution < -0.4 is 5.32 Å². The van der Waals surface area contributed by atoms with Crippen LogP contribution in [0.4, 0.5) is 0 Å². The number of carbonyl (C=O) groups is 1. The summed E-state index contributed by atoms with van der Waals surface area (Å²) in [7, 11) is 0. The maximum atomic E-state index is 12.2. The zero-order valence-corrected chi connectivity index (χ0v) is 13.3. The molecule has 0 aliphatic rings. The molecule has 0 fully saturated rings. The zero-order valence-electron chi connectivity index (χ0n) is 12.5. The molecule has 1 atom stereocenters. The highest BCUT2D eigenvalue weighted by Gasteiger charge is 2.15. The van der Waals surface area contributed by atoms with Crippen LogP contribution in [-0.4, -0.2) is 15.3 Å². The number of carbonyl (C=O) groups excluding carboxylic acids is 1. The fraction of sp³-hybridized carbons (Fsp3) is 0.176. The molecule has 0 unspecified atom stereocenters. The van der Waals surface area contributed by atoms with Crippen molar-refractivity contribution in [3.63, 3.8) is 0 Å². The number of nitrogens with zero attached hydrogens (tertiary/aromatic N) is 2. The molecule has 4 rings (SSSR count). The number of furan rings is 1. The summed E-state index contributed by atoms with van der Waals surface area (Å²) in [6.45, 7) is 1.92. The molecule has 1 N–H and O–H groups in total. The summed E-state index contributed by atoms with van der Waals surface area (Å²) < 4.78 is 7.71. The van der Waals surface area contributed by atoms with Crippen molar-refractivity contribution in [3.8, 4) is 0 Å². The zero-order chi connectivity index (χ0) is 15.8.